The van der Waals surface area contributed by atoms with Crippen molar-refractivity contribution in [2.45, 2.75) is 17.4 Å². The molecule has 0 saturated carbocycles. The van der Waals surface area contributed by atoms with Crippen LogP contribution < -0.4 is 5.32 Å². The highest BCUT2D eigenvalue weighted by Gasteiger charge is 2.24. The van der Waals surface area contributed by atoms with Gasteiger partial charge in [-0.05, 0) is 30.2 Å². The van der Waals surface area contributed by atoms with Crippen molar-refractivity contribution in [3.05, 3.63) is 52.2 Å². The topological polar surface area (TPSA) is 49.3 Å². The van der Waals surface area contributed by atoms with Crippen molar-refractivity contribution >= 4 is 29.0 Å². The molecule has 1 aromatic heterocycles. The highest BCUT2D eigenvalue weighted by atomic mass is 32.2. The molecular weight excluding hydrogens is 290 g/mol. The molecular formula is C15H17NO2S2. The molecule has 1 unspecified atom stereocenters. The highest BCUT2D eigenvalue weighted by molar-refractivity contribution is 7.98. The standard InChI is InChI=1S/C15H17NO2S2/c1-15(18,11-6-4-3-5-7-11)10-16-14(17)13-12(19-2)8-9-20-13/h3-9,18H,10H2,1-2H3,(H,16,17). The fourth-order valence-electron chi connectivity index (χ4n) is 1.86. The van der Waals surface area contributed by atoms with Gasteiger partial charge in [-0.1, -0.05) is 30.3 Å². The van der Waals surface area contributed by atoms with Crippen LogP contribution in [0.3, 0.4) is 0 Å². The lowest BCUT2D eigenvalue weighted by Gasteiger charge is -2.24. The van der Waals surface area contributed by atoms with E-state index in [-0.39, 0.29) is 12.5 Å². The smallest absolute Gasteiger partial charge is 0.262 e. The molecule has 0 fully saturated rings. The largest absolute Gasteiger partial charge is 0.384 e. The summed E-state index contributed by atoms with van der Waals surface area (Å²) in [6.07, 6.45) is 1.94. The summed E-state index contributed by atoms with van der Waals surface area (Å²) in [5.74, 6) is -0.138. The highest BCUT2D eigenvalue weighted by Crippen LogP contribution is 2.26. The van der Waals surface area contributed by atoms with Crippen molar-refractivity contribution < 1.29 is 9.90 Å². The van der Waals surface area contributed by atoms with E-state index in [9.17, 15) is 9.90 Å². The van der Waals surface area contributed by atoms with Gasteiger partial charge in [0.15, 0.2) is 0 Å². The maximum absolute atomic E-state index is 12.1. The number of rotatable bonds is 5. The predicted molar refractivity (Wildman–Crippen MR) is 84.4 cm³/mol. The molecule has 3 nitrogen and oxygen atoms in total. The summed E-state index contributed by atoms with van der Waals surface area (Å²) in [7, 11) is 0. The van der Waals surface area contributed by atoms with Gasteiger partial charge in [0.1, 0.15) is 10.5 Å². The van der Waals surface area contributed by atoms with Gasteiger partial charge in [0.05, 0.1) is 6.54 Å². The molecule has 2 rings (SSSR count). The van der Waals surface area contributed by atoms with E-state index in [0.717, 1.165) is 10.5 Å². The molecule has 0 saturated heterocycles. The van der Waals surface area contributed by atoms with Crippen LogP contribution in [0.2, 0.25) is 0 Å². The van der Waals surface area contributed by atoms with E-state index in [1.54, 1.807) is 18.7 Å². The summed E-state index contributed by atoms with van der Waals surface area (Å²) >= 11 is 2.96. The summed E-state index contributed by atoms with van der Waals surface area (Å²) in [4.78, 5) is 13.8. The third-order valence-electron chi connectivity index (χ3n) is 3.04. The van der Waals surface area contributed by atoms with E-state index in [1.165, 1.54) is 11.3 Å². The average Bonchev–Trinajstić information content (AvgIpc) is 2.94. The summed E-state index contributed by atoms with van der Waals surface area (Å²) in [6, 6.07) is 11.3. The predicted octanol–water partition coefficient (Wildman–Crippen LogP) is 3.11. The molecule has 0 aliphatic carbocycles. The molecule has 0 aliphatic heterocycles. The minimum atomic E-state index is -1.08. The Hall–Kier alpha value is -1.30. The Bertz CT molecular complexity index is 579. The van der Waals surface area contributed by atoms with Crippen LogP contribution in [-0.2, 0) is 5.60 Å². The first-order valence-electron chi connectivity index (χ1n) is 6.22. The second-order valence-electron chi connectivity index (χ2n) is 4.64. The number of thioether (sulfide) groups is 1. The number of benzene rings is 1. The number of hydrogen-bond acceptors (Lipinski definition) is 4. The number of carbonyl (C=O) groups excluding carboxylic acids is 1. The van der Waals surface area contributed by atoms with Gasteiger partial charge in [-0.25, -0.2) is 0 Å². The maximum atomic E-state index is 12.1. The van der Waals surface area contributed by atoms with E-state index in [1.807, 2.05) is 48.0 Å². The normalized spacial score (nSPS) is 13.8. The molecule has 2 N–H and O–H groups in total. The zero-order chi connectivity index (χ0) is 14.6. The SMILES string of the molecule is CSc1ccsc1C(=O)NCC(C)(O)c1ccccc1. The van der Waals surface area contributed by atoms with Crippen LogP contribution in [0.25, 0.3) is 0 Å². The molecule has 5 heteroatoms. The van der Waals surface area contributed by atoms with Crippen LogP contribution in [0.5, 0.6) is 0 Å². The van der Waals surface area contributed by atoms with E-state index >= 15 is 0 Å². The Kier molecular flexibility index (Phi) is 4.86. The number of amides is 1. The number of carbonyl (C=O) groups is 1. The van der Waals surface area contributed by atoms with Crippen molar-refractivity contribution in [3.8, 4) is 0 Å². The van der Waals surface area contributed by atoms with Gasteiger partial charge in [0, 0.05) is 4.90 Å². The van der Waals surface area contributed by atoms with E-state index in [0.29, 0.717) is 4.88 Å². The van der Waals surface area contributed by atoms with Crippen LogP contribution >= 0.6 is 23.1 Å². The van der Waals surface area contributed by atoms with Gasteiger partial charge >= 0.3 is 0 Å². The average molecular weight is 307 g/mol. The zero-order valence-corrected chi connectivity index (χ0v) is 13.1. The quantitative estimate of drug-likeness (QED) is 0.835. The minimum absolute atomic E-state index is 0.138. The minimum Gasteiger partial charge on any atom is -0.384 e. The van der Waals surface area contributed by atoms with Gasteiger partial charge < -0.3 is 10.4 Å². The number of hydrogen-bond donors (Lipinski definition) is 2. The fourth-order valence-corrected chi connectivity index (χ4v) is 3.52. The molecule has 1 amide bonds. The van der Waals surface area contributed by atoms with Gasteiger partial charge in [0.25, 0.3) is 5.91 Å². The van der Waals surface area contributed by atoms with E-state index in [4.69, 9.17) is 0 Å². The Balaban J connectivity index is 2.03. The van der Waals surface area contributed by atoms with Gasteiger partial charge in [-0.15, -0.1) is 23.1 Å². The Labute approximate surface area is 127 Å². The van der Waals surface area contributed by atoms with Crippen molar-refractivity contribution in [2.24, 2.45) is 0 Å². The lowest BCUT2D eigenvalue weighted by molar-refractivity contribution is 0.0527. The molecule has 2 aromatic rings. The van der Waals surface area contributed by atoms with Crippen LogP contribution in [0.4, 0.5) is 0 Å². The Morgan fingerprint density at radius 2 is 2.05 bits per heavy atom. The Morgan fingerprint density at radius 1 is 1.35 bits per heavy atom. The maximum Gasteiger partial charge on any atom is 0.262 e. The fraction of sp³-hybridized carbons (Fsp3) is 0.267. The summed E-state index contributed by atoms with van der Waals surface area (Å²) in [5.41, 5.74) is -0.287. The zero-order valence-electron chi connectivity index (χ0n) is 11.4. The lowest BCUT2D eigenvalue weighted by atomic mass is 9.96. The first kappa shape index (κ1) is 15.1. The second kappa shape index (κ2) is 6.43. The van der Waals surface area contributed by atoms with Crippen LogP contribution in [-0.4, -0.2) is 23.8 Å². The van der Waals surface area contributed by atoms with Gasteiger partial charge in [0.2, 0.25) is 0 Å². The molecule has 0 aliphatic rings. The summed E-state index contributed by atoms with van der Waals surface area (Å²) < 4.78 is 0. The van der Waals surface area contributed by atoms with Crippen molar-refractivity contribution in [1.82, 2.24) is 5.32 Å². The van der Waals surface area contributed by atoms with Gasteiger partial charge in [-0.3, -0.25) is 4.79 Å². The lowest BCUT2D eigenvalue weighted by Crippen LogP contribution is -2.38. The molecule has 20 heavy (non-hydrogen) atoms. The third kappa shape index (κ3) is 3.42. The molecule has 1 heterocycles. The third-order valence-corrected chi connectivity index (χ3v) is 4.87. The summed E-state index contributed by atoms with van der Waals surface area (Å²) in [6.45, 7) is 1.88. The van der Waals surface area contributed by atoms with E-state index < -0.39 is 5.60 Å². The molecule has 1 atom stereocenters. The molecule has 0 radical (unpaired) electrons. The van der Waals surface area contributed by atoms with E-state index in [2.05, 4.69) is 5.32 Å². The van der Waals surface area contributed by atoms with Crippen molar-refractivity contribution in [2.75, 3.05) is 12.8 Å². The number of nitrogens with one attached hydrogen (secondary N) is 1. The molecule has 0 spiro atoms. The first-order chi connectivity index (χ1) is 9.54. The first-order valence-corrected chi connectivity index (χ1v) is 8.32. The van der Waals surface area contributed by atoms with Crippen LogP contribution in [0.1, 0.15) is 22.2 Å². The van der Waals surface area contributed by atoms with Crippen molar-refractivity contribution in [1.29, 1.82) is 0 Å². The monoisotopic (exact) mass is 307 g/mol. The van der Waals surface area contributed by atoms with Gasteiger partial charge in [-0.2, -0.15) is 0 Å². The second-order valence-corrected chi connectivity index (χ2v) is 6.40. The molecule has 106 valence electrons. The van der Waals surface area contributed by atoms with Crippen molar-refractivity contribution in [3.63, 3.8) is 0 Å². The molecule has 1 aromatic carbocycles. The van der Waals surface area contributed by atoms with Crippen LogP contribution in [0, 0.1) is 0 Å². The van der Waals surface area contributed by atoms with Crippen LogP contribution in [0.15, 0.2) is 46.7 Å². The number of thiophene rings is 1. The molecule has 0 bridgehead atoms. The summed E-state index contributed by atoms with van der Waals surface area (Å²) in [5, 5.41) is 15.1. The number of aliphatic hydroxyl groups is 1. The Morgan fingerprint density at radius 3 is 2.70 bits per heavy atom.